The molecule has 0 bridgehead atoms. The zero-order valence-electron chi connectivity index (χ0n) is 10.7. The number of halogens is 1. The highest BCUT2D eigenvalue weighted by Gasteiger charge is 2.27. The Morgan fingerprint density at radius 1 is 1.61 bits per heavy atom. The summed E-state index contributed by atoms with van der Waals surface area (Å²) in [4.78, 5) is 14.2. The maximum Gasteiger partial charge on any atom is 0.275 e. The second-order valence-electron chi connectivity index (χ2n) is 5.11. The largest absolute Gasteiger partial charge is 0.336 e. The number of likely N-dealkylation sites (tertiary alicyclic amines) is 1. The third-order valence-corrected chi connectivity index (χ3v) is 4.06. The Labute approximate surface area is 115 Å². The summed E-state index contributed by atoms with van der Waals surface area (Å²) in [6.45, 7) is 5.50. The molecule has 1 aliphatic heterocycles. The predicted molar refractivity (Wildman–Crippen MR) is 73.5 cm³/mol. The molecule has 100 valence electrons. The maximum absolute atomic E-state index is 12.4. The first-order chi connectivity index (χ1) is 8.50. The molecule has 0 radical (unpaired) electrons. The molecule has 0 saturated carbocycles. The van der Waals surface area contributed by atoms with Gasteiger partial charge in [-0.05, 0) is 34.7 Å². The first kappa shape index (κ1) is 13.5. The topological polar surface area (TPSA) is 75.0 Å². The number of carbonyl (C=O) groups is 1. The summed E-state index contributed by atoms with van der Waals surface area (Å²) < 4.78 is 0.779. The minimum atomic E-state index is -0.0415. The molecule has 1 unspecified atom stereocenters. The van der Waals surface area contributed by atoms with Gasteiger partial charge in [0.05, 0.1) is 10.2 Å². The van der Waals surface area contributed by atoms with Gasteiger partial charge in [0.25, 0.3) is 5.91 Å². The van der Waals surface area contributed by atoms with Crippen molar-refractivity contribution in [2.75, 3.05) is 13.1 Å². The number of carbonyl (C=O) groups excluding carboxylic acids is 1. The molecule has 0 aliphatic carbocycles. The molecule has 3 N–H and O–H groups in total. The molecule has 1 saturated heterocycles. The molecule has 1 fully saturated rings. The van der Waals surface area contributed by atoms with E-state index in [1.54, 1.807) is 4.90 Å². The Balaban J connectivity index is 2.18. The molecule has 18 heavy (non-hydrogen) atoms. The molecule has 0 spiro atoms. The van der Waals surface area contributed by atoms with E-state index in [9.17, 15) is 4.79 Å². The van der Waals surface area contributed by atoms with Crippen LogP contribution in [0.1, 0.15) is 48.8 Å². The number of H-pyrrole nitrogens is 1. The predicted octanol–water partition coefficient (Wildman–Crippen LogP) is 1.86. The van der Waals surface area contributed by atoms with Gasteiger partial charge >= 0.3 is 0 Å². The second kappa shape index (κ2) is 5.40. The number of nitrogens with zero attached hydrogens (tertiary/aromatic N) is 2. The Kier molecular flexibility index (Phi) is 4.07. The first-order valence-corrected chi connectivity index (χ1v) is 7.08. The van der Waals surface area contributed by atoms with Crippen molar-refractivity contribution in [3.63, 3.8) is 0 Å². The van der Waals surface area contributed by atoms with Crippen molar-refractivity contribution in [1.29, 1.82) is 0 Å². The van der Waals surface area contributed by atoms with Gasteiger partial charge in [-0.1, -0.05) is 13.8 Å². The van der Waals surface area contributed by atoms with Crippen LogP contribution in [-0.2, 0) is 0 Å². The van der Waals surface area contributed by atoms with Gasteiger partial charge in [-0.15, -0.1) is 0 Å². The van der Waals surface area contributed by atoms with E-state index in [1.807, 2.05) is 0 Å². The van der Waals surface area contributed by atoms with Crippen molar-refractivity contribution in [2.24, 2.45) is 5.73 Å². The number of piperidine rings is 1. The second-order valence-corrected chi connectivity index (χ2v) is 5.90. The van der Waals surface area contributed by atoms with Crippen molar-refractivity contribution in [3.05, 3.63) is 15.9 Å². The zero-order chi connectivity index (χ0) is 13.3. The van der Waals surface area contributed by atoms with Crippen LogP contribution in [0.3, 0.4) is 0 Å². The number of hydrogen-bond donors (Lipinski definition) is 2. The van der Waals surface area contributed by atoms with Crippen LogP contribution in [0.2, 0.25) is 0 Å². The van der Waals surface area contributed by atoms with Gasteiger partial charge in [-0.3, -0.25) is 9.89 Å². The minimum absolute atomic E-state index is 0.0415. The summed E-state index contributed by atoms with van der Waals surface area (Å²) in [6.07, 6.45) is 1.95. The van der Waals surface area contributed by atoms with Crippen LogP contribution in [-0.4, -0.2) is 40.1 Å². The first-order valence-electron chi connectivity index (χ1n) is 6.29. The van der Waals surface area contributed by atoms with Gasteiger partial charge in [0.15, 0.2) is 5.69 Å². The molecule has 6 heteroatoms. The summed E-state index contributed by atoms with van der Waals surface area (Å²) in [7, 11) is 0. The third kappa shape index (κ3) is 2.59. The number of rotatable bonds is 2. The normalized spacial score (nSPS) is 20.5. The lowest BCUT2D eigenvalue weighted by Crippen LogP contribution is -2.45. The minimum Gasteiger partial charge on any atom is -0.336 e. The smallest absolute Gasteiger partial charge is 0.275 e. The number of nitrogens with one attached hydrogen (secondary N) is 1. The molecule has 1 aromatic heterocycles. The Bertz CT molecular complexity index is 443. The van der Waals surface area contributed by atoms with Gasteiger partial charge in [0.1, 0.15) is 0 Å². The fraction of sp³-hybridized carbons (Fsp3) is 0.667. The van der Waals surface area contributed by atoms with Crippen LogP contribution >= 0.6 is 15.9 Å². The fourth-order valence-electron chi connectivity index (χ4n) is 2.21. The van der Waals surface area contributed by atoms with Crippen molar-refractivity contribution in [3.8, 4) is 0 Å². The maximum atomic E-state index is 12.4. The van der Waals surface area contributed by atoms with Gasteiger partial charge in [-0.25, -0.2) is 0 Å². The molecule has 1 amide bonds. The van der Waals surface area contributed by atoms with Crippen LogP contribution in [0.25, 0.3) is 0 Å². The van der Waals surface area contributed by atoms with E-state index in [0.717, 1.165) is 29.6 Å². The Hall–Kier alpha value is -0.880. The molecular weight excluding hydrogens is 296 g/mol. The molecule has 2 heterocycles. The number of amides is 1. The lowest BCUT2D eigenvalue weighted by molar-refractivity contribution is 0.0702. The number of hydrogen-bond acceptors (Lipinski definition) is 3. The van der Waals surface area contributed by atoms with Crippen molar-refractivity contribution < 1.29 is 4.79 Å². The van der Waals surface area contributed by atoms with E-state index in [1.165, 1.54) is 0 Å². The SMILES string of the molecule is CC(C)c1[nH]nc(C(=O)N2CCCC(N)C2)c1Br. The van der Waals surface area contributed by atoms with Crippen molar-refractivity contribution in [1.82, 2.24) is 15.1 Å². The highest BCUT2D eigenvalue weighted by atomic mass is 79.9. The van der Waals surface area contributed by atoms with Crippen molar-refractivity contribution >= 4 is 21.8 Å². The lowest BCUT2D eigenvalue weighted by atomic mass is 10.1. The van der Waals surface area contributed by atoms with E-state index in [-0.39, 0.29) is 11.9 Å². The summed E-state index contributed by atoms with van der Waals surface area (Å²) in [5, 5.41) is 7.06. The van der Waals surface area contributed by atoms with Crippen LogP contribution < -0.4 is 5.73 Å². The highest BCUT2D eigenvalue weighted by molar-refractivity contribution is 9.10. The summed E-state index contributed by atoms with van der Waals surface area (Å²) in [6, 6.07) is 0.0880. The highest BCUT2D eigenvalue weighted by Crippen LogP contribution is 2.26. The Morgan fingerprint density at radius 3 is 2.89 bits per heavy atom. The third-order valence-electron chi connectivity index (χ3n) is 3.26. The van der Waals surface area contributed by atoms with Crippen LogP contribution in [0.4, 0.5) is 0 Å². The van der Waals surface area contributed by atoms with E-state index in [0.29, 0.717) is 18.2 Å². The van der Waals surface area contributed by atoms with Gasteiger partial charge in [-0.2, -0.15) is 5.10 Å². The number of nitrogens with two attached hydrogens (primary N) is 1. The van der Waals surface area contributed by atoms with E-state index in [4.69, 9.17) is 5.73 Å². The molecular formula is C12H19BrN4O. The lowest BCUT2D eigenvalue weighted by Gasteiger charge is -2.30. The van der Waals surface area contributed by atoms with Crippen LogP contribution in [0.5, 0.6) is 0 Å². The quantitative estimate of drug-likeness (QED) is 0.875. The van der Waals surface area contributed by atoms with Gasteiger partial charge in [0.2, 0.25) is 0 Å². The Morgan fingerprint density at radius 2 is 2.33 bits per heavy atom. The number of aromatic amines is 1. The van der Waals surface area contributed by atoms with E-state index < -0.39 is 0 Å². The van der Waals surface area contributed by atoms with E-state index in [2.05, 4.69) is 40.0 Å². The number of aromatic nitrogens is 2. The fourth-order valence-corrected chi connectivity index (χ4v) is 3.02. The van der Waals surface area contributed by atoms with Crippen LogP contribution in [0.15, 0.2) is 4.47 Å². The van der Waals surface area contributed by atoms with E-state index >= 15 is 0 Å². The van der Waals surface area contributed by atoms with Gasteiger partial charge in [0, 0.05) is 19.1 Å². The summed E-state index contributed by atoms with van der Waals surface area (Å²) in [5.74, 6) is 0.261. The molecule has 1 aromatic rings. The van der Waals surface area contributed by atoms with Crippen molar-refractivity contribution in [2.45, 2.75) is 38.6 Å². The molecule has 5 nitrogen and oxygen atoms in total. The zero-order valence-corrected chi connectivity index (χ0v) is 12.3. The molecule has 1 atom stereocenters. The average molecular weight is 315 g/mol. The summed E-state index contributed by atoms with van der Waals surface area (Å²) in [5.41, 5.74) is 7.32. The standard InChI is InChI=1S/C12H19BrN4O/c1-7(2)10-9(13)11(16-15-10)12(18)17-5-3-4-8(14)6-17/h7-8H,3-6,14H2,1-2H3,(H,15,16). The average Bonchev–Trinajstić information content (AvgIpc) is 2.70. The molecule has 1 aliphatic rings. The molecule has 2 rings (SSSR count). The van der Waals surface area contributed by atoms with Gasteiger partial charge < -0.3 is 10.6 Å². The summed E-state index contributed by atoms with van der Waals surface area (Å²) >= 11 is 3.46. The monoisotopic (exact) mass is 314 g/mol. The van der Waals surface area contributed by atoms with Crippen LogP contribution in [0, 0.1) is 0 Å². The molecule has 0 aromatic carbocycles.